The Balaban J connectivity index is 1.47. The van der Waals surface area contributed by atoms with Gasteiger partial charge in [-0.3, -0.25) is 9.59 Å². The zero-order valence-corrected chi connectivity index (χ0v) is 15.6. The summed E-state index contributed by atoms with van der Waals surface area (Å²) in [5.41, 5.74) is 2.52. The molecule has 2 N–H and O–H groups in total. The lowest BCUT2D eigenvalue weighted by Crippen LogP contribution is -2.45. The molecule has 1 atom stereocenters. The lowest BCUT2D eigenvalue weighted by Gasteiger charge is -2.22. The maximum absolute atomic E-state index is 12.5. The third-order valence-electron chi connectivity index (χ3n) is 4.48. The van der Waals surface area contributed by atoms with Gasteiger partial charge in [-0.25, -0.2) is 4.98 Å². The number of nitrogens with zero attached hydrogens (tertiary/aromatic N) is 2. The lowest BCUT2D eigenvalue weighted by molar-refractivity contribution is -0.131. The third-order valence-corrected chi connectivity index (χ3v) is 4.48. The van der Waals surface area contributed by atoms with Gasteiger partial charge in [0.2, 0.25) is 5.91 Å². The minimum Gasteiger partial charge on any atom is -0.344 e. The molecule has 3 aromatic rings. The maximum Gasteiger partial charge on any atom is 0.251 e. The van der Waals surface area contributed by atoms with Crippen LogP contribution in [0.15, 0.2) is 54.6 Å². The molecule has 0 spiro atoms. The Kier molecular flexibility index (Phi) is 5.86. The molecule has 0 aliphatic carbocycles. The minimum absolute atomic E-state index is 0.108. The molecule has 0 saturated heterocycles. The highest BCUT2D eigenvalue weighted by molar-refractivity contribution is 5.97. The number of rotatable bonds is 7. The molecule has 0 bridgehead atoms. The fourth-order valence-corrected chi connectivity index (χ4v) is 2.98. The highest BCUT2D eigenvalue weighted by Gasteiger charge is 2.19. The summed E-state index contributed by atoms with van der Waals surface area (Å²) in [7, 11) is 1.76. The molecule has 0 fully saturated rings. The van der Waals surface area contributed by atoms with Gasteiger partial charge in [-0.1, -0.05) is 30.3 Å². The van der Waals surface area contributed by atoms with Crippen LogP contribution < -0.4 is 5.32 Å². The van der Waals surface area contributed by atoms with Gasteiger partial charge in [-0.2, -0.15) is 0 Å². The number of imidazole rings is 1. The molecule has 3 rings (SSSR count). The second kappa shape index (κ2) is 8.49. The van der Waals surface area contributed by atoms with Crippen LogP contribution in [0.2, 0.25) is 0 Å². The van der Waals surface area contributed by atoms with Crippen molar-refractivity contribution >= 4 is 22.8 Å². The summed E-state index contributed by atoms with van der Waals surface area (Å²) in [5.74, 6) is 0.568. The van der Waals surface area contributed by atoms with E-state index in [-0.39, 0.29) is 11.8 Å². The van der Waals surface area contributed by atoms with E-state index in [9.17, 15) is 9.59 Å². The van der Waals surface area contributed by atoms with Crippen molar-refractivity contribution in [3.05, 3.63) is 66.0 Å². The van der Waals surface area contributed by atoms with Crippen LogP contribution in [0, 0.1) is 0 Å². The third kappa shape index (κ3) is 4.73. The van der Waals surface area contributed by atoms with E-state index in [1.54, 1.807) is 43.1 Å². The molecule has 6 heteroatoms. The Morgan fingerprint density at radius 1 is 1.11 bits per heavy atom. The summed E-state index contributed by atoms with van der Waals surface area (Å²) in [6.07, 6.45) is 1.55. The second-order valence-corrected chi connectivity index (χ2v) is 6.63. The van der Waals surface area contributed by atoms with Crippen molar-refractivity contribution in [2.24, 2.45) is 0 Å². The van der Waals surface area contributed by atoms with Crippen LogP contribution in [0.4, 0.5) is 0 Å². The molecular formula is C21H24N4O2. The number of H-pyrrole nitrogens is 1. The number of fused-ring (bicyclic) bond motifs is 1. The number of nitrogens with one attached hydrogen (secondary N) is 2. The fraction of sp³-hybridized carbons (Fsp3) is 0.286. The molecule has 0 radical (unpaired) electrons. The summed E-state index contributed by atoms with van der Waals surface area (Å²) in [5, 5.41) is 2.75. The van der Waals surface area contributed by atoms with Gasteiger partial charge in [0.15, 0.2) is 0 Å². The largest absolute Gasteiger partial charge is 0.344 e. The van der Waals surface area contributed by atoms with Gasteiger partial charge in [-0.15, -0.1) is 0 Å². The summed E-state index contributed by atoms with van der Waals surface area (Å²) < 4.78 is 0. The first kappa shape index (κ1) is 18.6. The molecule has 0 aliphatic heterocycles. The van der Waals surface area contributed by atoms with Crippen molar-refractivity contribution in [3.63, 3.8) is 0 Å². The maximum atomic E-state index is 12.5. The molecule has 1 heterocycles. The molecule has 0 saturated carbocycles. The van der Waals surface area contributed by atoms with Crippen LogP contribution >= 0.6 is 0 Å². The summed E-state index contributed by atoms with van der Waals surface area (Å²) >= 11 is 0. The molecule has 6 nitrogen and oxygen atoms in total. The average molecular weight is 364 g/mol. The molecule has 1 aromatic heterocycles. The second-order valence-electron chi connectivity index (χ2n) is 6.63. The number of aromatic amines is 1. The number of hydrogen-bond acceptors (Lipinski definition) is 3. The van der Waals surface area contributed by atoms with Crippen LogP contribution in [0.5, 0.6) is 0 Å². The van der Waals surface area contributed by atoms with E-state index in [0.29, 0.717) is 12.1 Å². The number of carbonyl (C=O) groups excluding carboxylic acids is 2. The van der Waals surface area contributed by atoms with Crippen molar-refractivity contribution in [3.8, 4) is 0 Å². The van der Waals surface area contributed by atoms with Crippen molar-refractivity contribution in [2.45, 2.75) is 25.8 Å². The topological polar surface area (TPSA) is 78.1 Å². The van der Waals surface area contributed by atoms with Crippen LogP contribution in [-0.2, 0) is 11.2 Å². The zero-order valence-electron chi connectivity index (χ0n) is 15.6. The number of para-hydroxylation sites is 2. The zero-order chi connectivity index (χ0) is 19.2. The van der Waals surface area contributed by atoms with Gasteiger partial charge in [0.25, 0.3) is 5.91 Å². The first-order valence-electron chi connectivity index (χ1n) is 9.09. The van der Waals surface area contributed by atoms with Gasteiger partial charge in [0.05, 0.1) is 11.0 Å². The molecule has 2 amide bonds. The summed E-state index contributed by atoms with van der Waals surface area (Å²) in [4.78, 5) is 34.1. The van der Waals surface area contributed by atoms with Gasteiger partial charge >= 0.3 is 0 Å². The number of aryl methyl sites for hydroxylation is 1. The highest BCUT2D eigenvalue weighted by Crippen LogP contribution is 2.11. The molecule has 140 valence electrons. The van der Waals surface area contributed by atoms with E-state index in [1.807, 2.05) is 30.3 Å². The minimum atomic E-state index is -0.575. The molecular weight excluding hydrogens is 340 g/mol. The Labute approximate surface area is 158 Å². The average Bonchev–Trinajstić information content (AvgIpc) is 3.10. The van der Waals surface area contributed by atoms with Crippen molar-refractivity contribution in [2.75, 3.05) is 13.6 Å². The highest BCUT2D eigenvalue weighted by atomic mass is 16.2. The first-order chi connectivity index (χ1) is 13.0. The Morgan fingerprint density at radius 2 is 1.81 bits per heavy atom. The molecule has 0 aliphatic rings. The van der Waals surface area contributed by atoms with Crippen LogP contribution in [0.25, 0.3) is 11.0 Å². The van der Waals surface area contributed by atoms with Gasteiger partial charge in [0.1, 0.15) is 11.9 Å². The van der Waals surface area contributed by atoms with Gasteiger partial charge in [-0.05, 0) is 37.6 Å². The Bertz CT molecular complexity index is 887. The standard InChI is InChI=1S/C21H24N4O2/c1-15(22-20(26)16-9-4-3-5-10-16)21(27)25(2)14-8-13-19-23-17-11-6-7-12-18(17)24-19/h3-7,9-12,15H,8,13-14H2,1-2H3,(H,22,26)(H,23,24). The number of likely N-dealkylation sites (N-methyl/N-ethyl adjacent to an activating group) is 1. The number of amides is 2. The fourth-order valence-electron chi connectivity index (χ4n) is 2.98. The van der Waals surface area contributed by atoms with E-state index in [0.717, 1.165) is 29.7 Å². The normalized spacial score (nSPS) is 11.9. The number of carbonyl (C=O) groups is 2. The van der Waals surface area contributed by atoms with E-state index in [4.69, 9.17) is 0 Å². The van der Waals surface area contributed by atoms with Gasteiger partial charge in [0, 0.05) is 25.6 Å². The van der Waals surface area contributed by atoms with Crippen molar-refractivity contribution < 1.29 is 9.59 Å². The Morgan fingerprint density at radius 3 is 2.56 bits per heavy atom. The summed E-state index contributed by atoms with van der Waals surface area (Å²) in [6.45, 7) is 2.31. The first-order valence-corrected chi connectivity index (χ1v) is 9.09. The van der Waals surface area contributed by atoms with Crippen LogP contribution in [0.1, 0.15) is 29.5 Å². The number of hydrogen-bond donors (Lipinski definition) is 2. The SMILES string of the molecule is CC(NC(=O)c1ccccc1)C(=O)N(C)CCCc1nc2ccccc2[nH]1. The van der Waals surface area contributed by atoms with Crippen LogP contribution in [-0.4, -0.2) is 46.3 Å². The van der Waals surface area contributed by atoms with E-state index in [2.05, 4.69) is 15.3 Å². The molecule has 2 aromatic carbocycles. The summed E-state index contributed by atoms with van der Waals surface area (Å²) in [6, 6.07) is 16.2. The lowest BCUT2D eigenvalue weighted by atomic mass is 10.2. The van der Waals surface area contributed by atoms with Gasteiger partial charge < -0.3 is 15.2 Å². The Hall–Kier alpha value is -3.15. The van der Waals surface area contributed by atoms with Crippen molar-refractivity contribution in [1.82, 2.24) is 20.2 Å². The monoisotopic (exact) mass is 364 g/mol. The molecule has 27 heavy (non-hydrogen) atoms. The molecule has 1 unspecified atom stereocenters. The smallest absolute Gasteiger partial charge is 0.251 e. The van der Waals surface area contributed by atoms with E-state index >= 15 is 0 Å². The van der Waals surface area contributed by atoms with Crippen molar-refractivity contribution in [1.29, 1.82) is 0 Å². The quantitative estimate of drug-likeness (QED) is 0.677. The van der Waals surface area contributed by atoms with Crippen LogP contribution in [0.3, 0.4) is 0 Å². The number of benzene rings is 2. The van der Waals surface area contributed by atoms with E-state index < -0.39 is 6.04 Å². The number of aromatic nitrogens is 2. The predicted octanol–water partition coefficient (Wildman–Crippen LogP) is 2.77. The van der Waals surface area contributed by atoms with E-state index in [1.165, 1.54) is 0 Å². The predicted molar refractivity (Wildman–Crippen MR) is 105 cm³/mol.